The Morgan fingerprint density at radius 3 is 2.90 bits per heavy atom. The number of hydrogen-bond donors (Lipinski definition) is 2. The molecule has 2 aromatic rings. The topological polar surface area (TPSA) is 71.2 Å². The second-order valence-corrected chi connectivity index (χ2v) is 4.38. The fraction of sp³-hybridized carbons (Fsp3) is 0.333. The van der Waals surface area contributed by atoms with E-state index in [9.17, 15) is 9.59 Å². The first-order valence-electron chi connectivity index (χ1n) is 6.69. The maximum atomic E-state index is 11.9. The van der Waals surface area contributed by atoms with Crippen LogP contribution in [0.2, 0.25) is 0 Å². The highest BCUT2D eigenvalue weighted by Crippen LogP contribution is 2.22. The number of ether oxygens (including phenoxy) is 1. The Hall–Kier alpha value is -2.14. The third-order valence-electron chi connectivity index (χ3n) is 3.05. The van der Waals surface area contributed by atoms with E-state index in [0.29, 0.717) is 31.7 Å². The lowest BCUT2D eigenvalue weighted by atomic mass is 10.1. The quantitative estimate of drug-likeness (QED) is 0.599. The molecule has 0 bridgehead atoms. The van der Waals surface area contributed by atoms with Gasteiger partial charge >= 0.3 is 0 Å². The number of H-pyrrole nitrogens is 1. The van der Waals surface area contributed by atoms with Gasteiger partial charge in [-0.05, 0) is 19.4 Å². The number of fused-ring (bicyclic) bond motifs is 1. The van der Waals surface area contributed by atoms with Crippen molar-refractivity contribution >= 4 is 22.9 Å². The van der Waals surface area contributed by atoms with Gasteiger partial charge in [0.05, 0.1) is 11.2 Å². The van der Waals surface area contributed by atoms with Crippen molar-refractivity contribution in [1.82, 2.24) is 4.98 Å². The molecule has 5 heteroatoms. The predicted molar refractivity (Wildman–Crippen MR) is 79.6 cm³/mol. The number of carbonyl (C=O) groups excluding carboxylic acids is 1. The molecule has 0 spiro atoms. The van der Waals surface area contributed by atoms with E-state index in [1.54, 1.807) is 0 Å². The number of para-hydroxylation sites is 1. The van der Waals surface area contributed by atoms with Gasteiger partial charge in [-0.3, -0.25) is 9.59 Å². The zero-order valence-electron chi connectivity index (χ0n) is 11.4. The van der Waals surface area contributed by atoms with Gasteiger partial charge < -0.3 is 15.0 Å². The van der Waals surface area contributed by atoms with Gasteiger partial charge in [0.15, 0.2) is 6.29 Å². The van der Waals surface area contributed by atoms with Crippen LogP contribution in [-0.4, -0.2) is 31.0 Å². The summed E-state index contributed by atoms with van der Waals surface area (Å²) in [7, 11) is 0. The molecule has 0 aliphatic rings. The normalized spacial score (nSPS) is 10.7. The average Bonchev–Trinajstić information content (AvgIpc) is 2.46. The number of rotatable bonds is 7. The summed E-state index contributed by atoms with van der Waals surface area (Å²) in [6, 6.07) is 7.41. The monoisotopic (exact) mass is 274 g/mol. The van der Waals surface area contributed by atoms with Crippen molar-refractivity contribution in [3.63, 3.8) is 0 Å². The second kappa shape index (κ2) is 6.86. The van der Waals surface area contributed by atoms with E-state index in [1.807, 2.05) is 31.2 Å². The van der Waals surface area contributed by atoms with Crippen LogP contribution in [0.25, 0.3) is 10.9 Å². The Morgan fingerprint density at radius 2 is 2.15 bits per heavy atom. The van der Waals surface area contributed by atoms with Crippen LogP contribution in [0.3, 0.4) is 0 Å². The maximum absolute atomic E-state index is 11.9. The molecule has 0 fully saturated rings. The van der Waals surface area contributed by atoms with Crippen LogP contribution in [0.15, 0.2) is 29.1 Å². The van der Waals surface area contributed by atoms with Crippen molar-refractivity contribution in [2.24, 2.45) is 0 Å². The summed E-state index contributed by atoms with van der Waals surface area (Å²) in [6.45, 7) is 3.94. The summed E-state index contributed by atoms with van der Waals surface area (Å²) in [5.41, 5.74) is 1.08. The minimum Gasteiger partial charge on any atom is -0.384 e. The van der Waals surface area contributed by atoms with Crippen molar-refractivity contribution in [2.45, 2.75) is 13.3 Å². The molecule has 0 aliphatic carbocycles. The zero-order valence-corrected chi connectivity index (χ0v) is 11.4. The molecule has 0 amide bonds. The van der Waals surface area contributed by atoms with Gasteiger partial charge in [0, 0.05) is 25.1 Å². The summed E-state index contributed by atoms with van der Waals surface area (Å²) < 4.78 is 5.26. The maximum Gasteiger partial charge on any atom is 0.261 e. The Balaban J connectivity index is 2.29. The largest absolute Gasteiger partial charge is 0.384 e. The molecule has 0 saturated heterocycles. The fourth-order valence-corrected chi connectivity index (χ4v) is 2.09. The van der Waals surface area contributed by atoms with Gasteiger partial charge in [-0.25, -0.2) is 0 Å². The molecular weight excluding hydrogens is 256 g/mol. The van der Waals surface area contributed by atoms with E-state index in [-0.39, 0.29) is 11.1 Å². The predicted octanol–water partition coefficient (Wildman–Crippen LogP) is 2.18. The zero-order chi connectivity index (χ0) is 14.4. The van der Waals surface area contributed by atoms with E-state index in [0.717, 1.165) is 17.3 Å². The number of carbonyl (C=O) groups is 1. The molecule has 5 nitrogen and oxygen atoms in total. The summed E-state index contributed by atoms with van der Waals surface area (Å²) in [5, 5.41) is 4.01. The Kier molecular flexibility index (Phi) is 4.90. The highest BCUT2D eigenvalue weighted by atomic mass is 16.5. The first kappa shape index (κ1) is 14.3. The van der Waals surface area contributed by atoms with Gasteiger partial charge in [-0.1, -0.05) is 18.2 Å². The molecule has 1 aromatic carbocycles. The first-order valence-corrected chi connectivity index (χ1v) is 6.69. The molecule has 1 aromatic heterocycles. The lowest BCUT2D eigenvalue weighted by molar-refractivity contribution is 0.112. The Labute approximate surface area is 117 Å². The SMILES string of the molecule is CCOCCCNc1c(C=O)c(=O)[nH]c2ccccc12. The van der Waals surface area contributed by atoms with Crippen LogP contribution in [0, 0.1) is 0 Å². The molecule has 2 N–H and O–H groups in total. The standard InChI is InChI=1S/C15H18N2O3/c1-2-20-9-5-8-16-14-11-6-3-4-7-13(11)17-15(19)12(14)10-18/h3-4,6-7,10H,2,5,8-9H2,1H3,(H2,16,17,19). The number of aromatic amines is 1. The van der Waals surface area contributed by atoms with Crippen molar-refractivity contribution in [3.05, 3.63) is 40.2 Å². The molecule has 0 saturated carbocycles. The molecule has 0 aliphatic heterocycles. The number of benzene rings is 1. The summed E-state index contributed by atoms with van der Waals surface area (Å²) in [4.78, 5) is 25.7. The van der Waals surface area contributed by atoms with E-state index >= 15 is 0 Å². The minimum absolute atomic E-state index is 0.139. The molecule has 2 rings (SSSR count). The third-order valence-corrected chi connectivity index (χ3v) is 3.05. The molecule has 20 heavy (non-hydrogen) atoms. The number of pyridine rings is 1. The molecular formula is C15H18N2O3. The van der Waals surface area contributed by atoms with Gasteiger partial charge in [0.2, 0.25) is 0 Å². The van der Waals surface area contributed by atoms with Gasteiger partial charge in [-0.2, -0.15) is 0 Å². The number of hydrogen-bond acceptors (Lipinski definition) is 4. The van der Waals surface area contributed by atoms with Gasteiger partial charge in [-0.15, -0.1) is 0 Å². The van der Waals surface area contributed by atoms with Crippen LogP contribution < -0.4 is 10.9 Å². The van der Waals surface area contributed by atoms with E-state index < -0.39 is 0 Å². The average molecular weight is 274 g/mol. The van der Waals surface area contributed by atoms with E-state index in [2.05, 4.69) is 10.3 Å². The lowest BCUT2D eigenvalue weighted by Crippen LogP contribution is -2.17. The summed E-state index contributed by atoms with van der Waals surface area (Å²) >= 11 is 0. The number of anilines is 1. The van der Waals surface area contributed by atoms with Crippen LogP contribution in [0.1, 0.15) is 23.7 Å². The Morgan fingerprint density at radius 1 is 1.35 bits per heavy atom. The van der Waals surface area contributed by atoms with Crippen molar-refractivity contribution < 1.29 is 9.53 Å². The lowest BCUT2D eigenvalue weighted by Gasteiger charge is -2.11. The van der Waals surface area contributed by atoms with Crippen molar-refractivity contribution in [2.75, 3.05) is 25.1 Å². The molecule has 0 unspecified atom stereocenters. The molecule has 0 radical (unpaired) electrons. The highest BCUT2D eigenvalue weighted by molar-refractivity contribution is 5.99. The number of aromatic nitrogens is 1. The van der Waals surface area contributed by atoms with Gasteiger partial charge in [0.1, 0.15) is 5.56 Å². The first-order chi connectivity index (χ1) is 9.77. The molecule has 0 atom stereocenters. The van der Waals surface area contributed by atoms with Crippen LogP contribution in [0.4, 0.5) is 5.69 Å². The fourth-order valence-electron chi connectivity index (χ4n) is 2.09. The summed E-state index contributed by atoms with van der Waals surface area (Å²) in [6.07, 6.45) is 1.41. The van der Waals surface area contributed by atoms with E-state index in [4.69, 9.17) is 4.74 Å². The van der Waals surface area contributed by atoms with Crippen molar-refractivity contribution in [3.8, 4) is 0 Å². The van der Waals surface area contributed by atoms with Crippen LogP contribution in [0.5, 0.6) is 0 Å². The molecule has 106 valence electrons. The number of nitrogens with one attached hydrogen (secondary N) is 2. The second-order valence-electron chi connectivity index (χ2n) is 4.38. The van der Waals surface area contributed by atoms with Crippen LogP contribution >= 0.6 is 0 Å². The highest BCUT2D eigenvalue weighted by Gasteiger charge is 2.11. The van der Waals surface area contributed by atoms with Crippen molar-refractivity contribution in [1.29, 1.82) is 0 Å². The summed E-state index contributed by atoms with van der Waals surface area (Å²) in [5.74, 6) is 0. The number of aldehydes is 1. The molecule has 1 heterocycles. The smallest absolute Gasteiger partial charge is 0.261 e. The third kappa shape index (κ3) is 3.05. The van der Waals surface area contributed by atoms with Gasteiger partial charge in [0.25, 0.3) is 5.56 Å². The van der Waals surface area contributed by atoms with E-state index in [1.165, 1.54) is 0 Å². The Bertz CT molecular complexity index is 649. The van der Waals surface area contributed by atoms with Crippen LogP contribution in [-0.2, 0) is 4.74 Å². The minimum atomic E-state index is -0.369.